The Labute approximate surface area is 142 Å². The van der Waals surface area contributed by atoms with Gasteiger partial charge in [-0.05, 0) is 49.5 Å². The summed E-state index contributed by atoms with van der Waals surface area (Å²) in [6.07, 6.45) is 1.58. The molecule has 0 saturated heterocycles. The molecule has 1 N–H and O–H groups in total. The predicted molar refractivity (Wildman–Crippen MR) is 90.7 cm³/mol. The van der Waals surface area contributed by atoms with Crippen LogP contribution in [-0.4, -0.2) is 33.0 Å². The minimum Gasteiger partial charge on any atom is -0.468 e. The third-order valence-electron chi connectivity index (χ3n) is 3.89. The third kappa shape index (κ3) is 4.23. The van der Waals surface area contributed by atoms with E-state index in [4.69, 9.17) is 9.68 Å². The number of sulfonamides is 1. The molecule has 0 saturated carbocycles. The molecule has 0 amide bonds. The molecule has 0 aliphatic rings. The lowest BCUT2D eigenvalue weighted by atomic mass is 10.2. The van der Waals surface area contributed by atoms with Crippen LogP contribution in [-0.2, 0) is 10.0 Å². The van der Waals surface area contributed by atoms with Crippen molar-refractivity contribution in [3.8, 4) is 6.07 Å². The Hall–Kier alpha value is -2.14. The molecule has 1 aromatic carbocycles. The average molecular weight is 347 g/mol. The van der Waals surface area contributed by atoms with Crippen LogP contribution in [0.4, 0.5) is 0 Å². The Morgan fingerprint density at radius 3 is 2.38 bits per heavy atom. The molecule has 0 spiro atoms. The first-order chi connectivity index (χ1) is 11.5. The quantitative estimate of drug-likeness (QED) is 0.793. The molecule has 1 aromatic heterocycles. The standard InChI is InChI=1S/C17H21N3O3S/c1-3-20(4-2)16(17-6-5-11-23-17)13-19-24(21,22)15-9-7-14(12-18)8-10-15/h5-11,16,19H,3-4,13H2,1-2H3. The molecular weight excluding hydrogens is 326 g/mol. The van der Waals surface area contributed by atoms with Gasteiger partial charge in [0.2, 0.25) is 10.0 Å². The van der Waals surface area contributed by atoms with Gasteiger partial charge in [-0.3, -0.25) is 4.90 Å². The van der Waals surface area contributed by atoms with E-state index in [0.717, 1.165) is 18.8 Å². The number of rotatable bonds is 8. The first kappa shape index (κ1) is 18.2. The van der Waals surface area contributed by atoms with Crippen LogP contribution in [0.5, 0.6) is 0 Å². The number of furan rings is 1. The van der Waals surface area contributed by atoms with Crippen LogP contribution in [0.1, 0.15) is 31.2 Å². The normalized spacial score (nSPS) is 12.9. The summed E-state index contributed by atoms with van der Waals surface area (Å²) < 4.78 is 33.0. The molecule has 128 valence electrons. The van der Waals surface area contributed by atoms with E-state index in [0.29, 0.717) is 5.56 Å². The van der Waals surface area contributed by atoms with Crippen molar-refractivity contribution in [2.45, 2.75) is 24.8 Å². The molecule has 24 heavy (non-hydrogen) atoms. The molecule has 6 nitrogen and oxygen atoms in total. The summed E-state index contributed by atoms with van der Waals surface area (Å²) in [5, 5.41) is 8.80. The molecule has 0 aliphatic carbocycles. The molecule has 7 heteroatoms. The maximum atomic E-state index is 12.5. The van der Waals surface area contributed by atoms with Crippen molar-refractivity contribution in [2.75, 3.05) is 19.6 Å². The van der Waals surface area contributed by atoms with E-state index < -0.39 is 10.0 Å². The summed E-state index contributed by atoms with van der Waals surface area (Å²) in [5.41, 5.74) is 0.422. The van der Waals surface area contributed by atoms with Crippen LogP contribution >= 0.6 is 0 Å². The van der Waals surface area contributed by atoms with Gasteiger partial charge in [-0.25, -0.2) is 13.1 Å². The van der Waals surface area contributed by atoms with Crippen LogP contribution in [0.3, 0.4) is 0 Å². The third-order valence-corrected chi connectivity index (χ3v) is 5.32. The number of hydrogen-bond acceptors (Lipinski definition) is 5. The van der Waals surface area contributed by atoms with Gasteiger partial charge in [0, 0.05) is 6.54 Å². The van der Waals surface area contributed by atoms with Gasteiger partial charge in [-0.15, -0.1) is 0 Å². The summed E-state index contributed by atoms with van der Waals surface area (Å²) >= 11 is 0. The van der Waals surface area contributed by atoms with E-state index in [1.165, 1.54) is 24.3 Å². The zero-order chi connectivity index (χ0) is 17.6. The highest BCUT2D eigenvalue weighted by atomic mass is 32.2. The maximum Gasteiger partial charge on any atom is 0.240 e. The Kier molecular flexibility index (Phi) is 6.15. The van der Waals surface area contributed by atoms with Crippen molar-refractivity contribution in [2.24, 2.45) is 0 Å². The minimum atomic E-state index is -3.65. The van der Waals surface area contributed by atoms with Crippen molar-refractivity contribution in [1.29, 1.82) is 5.26 Å². The lowest BCUT2D eigenvalue weighted by Gasteiger charge is -2.28. The maximum absolute atomic E-state index is 12.5. The number of nitrogens with zero attached hydrogens (tertiary/aromatic N) is 2. The van der Waals surface area contributed by atoms with Crippen LogP contribution in [0.25, 0.3) is 0 Å². The molecule has 2 rings (SSSR count). The number of benzene rings is 1. The summed E-state index contributed by atoms with van der Waals surface area (Å²) in [5.74, 6) is 0.723. The van der Waals surface area contributed by atoms with Crippen LogP contribution in [0.15, 0.2) is 52.0 Å². The van der Waals surface area contributed by atoms with Crippen LogP contribution in [0.2, 0.25) is 0 Å². The van der Waals surface area contributed by atoms with E-state index in [1.54, 1.807) is 12.3 Å². The highest BCUT2D eigenvalue weighted by Crippen LogP contribution is 2.21. The van der Waals surface area contributed by atoms with E-state index in [-0.39, 0.29) is 17.5 Å². The number of nitriles is 1. The minimum absolute atomic E-state index is 0.138. The topological polar surface area (TPSA) is 86.3 Å². The van der Waals surface area contributed by atoms with Gasteiger partial charge < -0.3 is 4.42 Å². The average Bonchev–Trinajstić information content (AvgIpc) is 3.13. The number of hydrogen-bond donors (Lipinski definition) is 1. The first-order valence-corrected chi connectivity index (χ1v) is 9.27. The van der Waals surface area contributed by atoms with Gasteiger partial charge in [0.05, 0.1) is 28.8 Å². The van der Waals surface area contributed by atoms with E-state index >= 15 is 0 Å². The molecule has 1 atom stereocenters. The molecule has 1 unspecified atom stereocenters. The monoisotopic (exact) mass is 347 g/mol. The van der Waals surface area contributed by atoms with Gasteiger partial charge >= 0.3 is 0 Å². The second kappa shape index (κ2) is 8.11. The van der Waals surface area contributed by atoms with Gasteiger partial charge in [-0.2, -0.15) is 5.26 Å². The molecule has 0 bridgehead atoms. The van der Waals surface area contributed by atoms with E-state index in [1.807, 2.05) is 26.0 Å². The van der Waals surface area contributed by atoms with Crippen molar-refractivity contribution < 1.29 is 12.8 Å². The second-order valence-corrected chi connectivity index (χ2v) is 7.01. The summed E-state index contributed by atoms with van der Waals surface area (Å²) in [6, 6.07) is 11.3. The highest BCUT2D eigenvalue weighted by Gasteiger charge is 2.23. The summed E-state index contributed by atoms with van der Waals surface area (Å²) in [6.45, 7) is 5.81. The second-order valence-electron chi connectivity index (χ2n) is 5.24. The lowest BCUT2D eigenvalue weighted by molar-refractivity contribution is 0.194. The Morgan fingerprint density at radius 1 is 1.21 bits per heavy atom. The van der Waals surface area contributed by atoms with Gasteiger partial charge in [0.25, 0.3) is 0 Å². The number of likely N-dealkylation sites (N-methyl/N-ethyl adjacent to an activating group) is 1. The van der Waals surface area contributed by atoms with Crippen molar-refractivity contribution >= 4 is 10.0 Å². The van der Waals surface area contributed by atoms with Crippen molar-refractivity contribution in [3.05, 3.63) is 54.0 Å². The first-order valence-electron chi connectivity index (χ1n) is 7.79. The van der Waals surface area contributed by atoms with E-state index in [2.05, 4.69) is 9.62 Å². The van der Waals surface area contributed by atoms with Crippen LogP contribution < -0.4 is 4.72 Å². The Morgan fingerprint density at radius 2 is 1.88 bits per heavy atom. The fourth-order valence-electron chi connectivity index (χ4n) is 2.54. The van der Waals surface area contributed by atoms with Gasteiger partial charge in [-0.1, -0.05) is 13.8 Å². The SMILES string of the molecule is CCN(CC)C(CNS(=O)(=O)c1ccc(C#N)cc1)c1ccco1. The summed E-state index contributed by atoms with van der Waals surface area (Å²) in [4.78, 5) is 2.26. The van der Waals surface area contributed by atoms with E-state index in [9.17, 15) is 8.42 Å². The highest BCUT2D eigenvalue weighted by molar-refractivity contribution is 7.89. The van der Waals surface area contributed by atoms with Crippen LogP contribution in [0, 0.1) is 11.3 Å². The molecule has 0 radical (unpaired) electrons. The smallest absolute Gasteiger partial charge is 0.240 e. The molecular formula is C17H21N3O3S. The zero-order valence-corrected chi connectivity index (χ0v) is 14.6. The fraction of sp³-hybridized carbons (Fsp3) is 0.353. The summed E-state index contributed by atoms with van der Waals surface area (Å²) in [7, 11) is -3.65. The molecule has 0 fully saturated rings. The number of nitrogens with one attached hydrogen (secondary N) is 1. The molecule has 0 aliphatic heterocycles. The van der Waals surface area contributed by atoms with Crippen molar-refractivity contribution in [3.63, 3.8) is 0 Å². The largest absolute Gasteiger partial charge is 0.468 e. The fourth-order valence-corrected chi connectivity index (χ4v) is 3.57. The molecule has 1 heterocycles. The zero-order valence-electron chi connectivity index (χ0n) is 13.8. The Bertz CT molecular complexity index is 773. The van der Waals surface area contributed by atoms with Gasteiger partial charge in [0.15, 0.2) is 0 Å². The lowest BCUT2D eigenvalue weighted by Crippen LogP contribution is -2.37. The predicted octanol–water partition coefficient (Wildman–Crippen LogP) is 2.51. The molecule has 2 aromatic rings. The Balaban J connectivity index is 2.16. The van der Waals surface area contributed by atoms with Crippen molar-refractivity contribution in [1.82, 2.24) is 9.62 Å². The van der Waals surface area contributed by atoms with Gasteiger partial charge in [0.1, 0.15) is 5.76 Å².